The van der Waals surface area contributed by atoms with Crippen molar-refractivity contribution in [3.63, 3.8) is 0 Å². The van der Waals surface area contributed by atoms with Gasteiger partial charge in [0, 0.05) is 31.0 Å². The second-order valence-electron chi connectivity index (χ2n) is 7.55. The highest BCUT2D eigenvalue weighted by Crippen LogP contribution is 2.22. The van der Waals surface area contributed by atoms with Crippen LogP contribution >= 0.6 is 11.8 Å². The Morgan fingerprint density at radius 2 is 1.82 bits per heavy atom. The van der Waals surface area contributed by atoms with Crippen molar-refractivity contribution in [3.8, 4) is 5.75 Å². The van der Waals surface area contributed by atoms with Crippen LogP contribution in [0.3, 0.4) is 0 Å². The smallest absolute Gasteiger partial charge is 0.234 e. The van der Waals surface area contributed by atoms with Crippen LogP contribution in [0.2, 0.25) is 0 Å². The lowest BCUT2D eigenvalue weighted by Gasteiger charge is -2.11. The third-order valence-electron chi connectivity index (χ3n) is 5.15. The van der Waals surface area contributed by atoms with Crippen molar-refractivity contribution < 1.29 is 9.53 Å². The van der Waals surface area contributed by atoms with Crippen molar-refractivity contribution in [1.29, 1.82) is 0 Å². The molecule has 2 aromatic heterocycles. The third-order valence-corrected chi connectivity index (χ3v) is 6.12. The number of ether oxygens (including phenoxy) is 1. The maximum atomic E-state index is 12.5. The molecule has 0 fully saturated rings. The molecule has 0 spiro atoms. The third kappa shape index (κ3) is 6.04. The first-order chi connectivity index (χ1) is 16.1. The van der Waals surface area contributed by atoms with E-state index in [0.29, 0.717) is 19.6 Å². The first-order valence-electron chi connectivity index (χ1n) is 10.8. The first-order valence-corrected chi connectivity index (χ1v) is 11.8. The van der Waals surface area contributed by atoms with E-state index in [1.165, 1.54) is 11.8 Å². The van der Waals surface area contributed by atoms with Crippen molar-refractivity contribution in [3.05, 3.63) is 90.0 Å². The van der Waals surface area contributed by atoms with Crippen LogP contribution in [0.1, 0.15) is 24.0 Å². The van der Waals surface area contributed by atoms with Gasteiger partial charge in [-0.2, -0.15) is 0 Å². The Labute approximate surface area is 197 Å². The van der Waals surface area contributed by atoms with Gasteiger partial charge in [0.25, 0.3) is 0 Å². The highest BCUT2D eigenvalue weighted by atomic mass is 32.2. The number of hydrogen-bond acceptors (Lipinski definition) is 5. The zero-order valence-corrected chi connectivity index (χ0v) is 19.6. The number of carbonyl (C=O) groups excluding carboxylic acids is 1. The minimum atomic E-state index is -0.0950. The SMILES string of the molecule is CCOc1ccc(NC(=O)CSc2nnc(Cc3cccn3C)n2Cc2ccccc2)cc1. The summed E-state index contributed by atoms with van der Waals surface area (Å²) in [6.45, 7) is 3.20. The lowest BCUT2D eigenvalue weighted by Crippen LogP contribution is -2.15. The second kappa shape index (κ2) is 10.9. The van der Waals surface area contributed by atoms with E-state index in [1.54, 1.807) is 0 Å². The summed E-state index contributed by atoms with van der Waals surface area (Å²) in [7, 11) is 2.02. The zero-order valence-electron chi connectivity index (χ0n) is 18.8. The normalized spacial score (nSPS) is 10.8. The van der Waals surface area contributed by atoms with Crippen molar-refractivity contribution in [2.45, 2.75) is 25.0 Å². The van der Waals surface area contributed by atoms with Crippen LogP contribution in [0.25, 0.3) is 0 Å². The summed E-state index contributed by atoms with van der Waals surface area (Å²) >= 11 is 1.39. The van der Waals surface area contributed by atoms with Gasteiger partial charge in [0.1, 0.15) is 11.6 Å². The fraction of sp³-hybridized carbons (Fsp3) is 0.240. The van der Waals surface area contributed by atoms with E-state index in [2.05, 4.69) is 42.8 Å². The number of benzene rings is 2. The summed E-state index contributed by atoms with van der Waals surface area (Å²) in [5.74, 6) is 1.80. The Morgan fingerprint density at radius 1 is 1.03 bits per heavy atom. The Bertz CT molecular complexity index is 1190. The van der Waals surface area contributed by atoms with Crippen LogP contribution in [-0.4, -0.2) is 37.6 Å². The second-order valence-corrected chi connectivity index (χ2v) is 8.49. The van der Waals surface area contributed by atoms with Gasteiger partial charge >= 0.3 is 0 Å². The van der Waals surface area contributed by atoms with Crippen molar-refractivity contribution in [1.82, 2.24) is 19.3 Å². The Morgan fingerprint density at radius 3 is 2.52 bits per heavy atom. The van der Waals surface area contributed by atoms with Gasteiger partial charge in [0.15, 0.2) is 5.16 Å². The molecule has 8 heteroatoms. The van der Waals surface area contributed by atoms with E-state index >= 15 is 0 Å². The Kier molecular flexibility index (Phi) is 7.47. The number of hydrogen-bond donors (Lipinski definition) is 1. The van der Waals surface area contributed by atoms with Gasteiger partial charge in [-0.3, -0.25) is 4.79 Å². The van der Waals surface area contributed by atoms with Crippen LogP contribution in [0.15, 0.2) is 78.1 Å². The number of aromatic nitrogens is 4. The summed E-state index contributed by atoms with van der Waals surface area (Å²) < 4.78 is 9.62. The zero-order chi connectivity index (χ0) is 23.0. The molecule has 170 valence electrons. The summed E-state index contributed by atoms with van der Waals surface area (Å²) in [6, 6.07) is 21.7. The molecule has 0 aliphatic carbocycles. The molecule has 4 aromatic rings. The largest absolute Gasteiger partial charge is 0.494 e. The molecule has 0 saturated carbocycles. The molecule has 1 N–H and O–H groups in total. The number of nitrogens with one attached hydrogen (secondary N) is 1. The summed E-state index contributed by atoms with van der Waals surface area (Å²) in [5.41, 5.74) is 3.05. The summed E-state index contributed by atoms with van der Waals surface area (Å²) in [5, 5.41) is 12.5. The maximum Gasteiger partial charge on any atom is 0.234 e. The Balaban J connectivity index is 1.45. The van der Waals surface area contributed by atoms with Crippen LogP contribution < -0.4 is 10.1 Å². The highest BCUT2D eigenvalue weighted by Gasteiger charge is 2.16. The monoisotopic (exact) mass is 461 g/mol. The molecule has 2 heterocycles. The average Bonchev–Trinajstić information content (AvgIpc) is 3.40. The van der Waals surface area contributed by atoms with E-state index in [4.69, 9.17) is 4.74 Å². The number of thioether (sulfide) groups is 1. The standard InChI is InChI=1S/C25H27N5O2S/c1-3-32-22-13-11-20(12-14-22)26-24(31)18-33-25-28-27-23(16-21-10-7-15-29(21)2)30(25)17-19-8-5-4-6-9-19/h4-15H,3,16-18H2,1-2H3,(H,26,31). The predicted octanol–water partition coefficient (Wildman–Crippen LogP) is 4.39. The summed E-state index contributed by atoms with van der Waals surface area (Å²) in [4.78, 5) is 12.5. The molecule has 0 atom stereocenters. The van der Waals surface area contributed by atoms with Crippen molar-refractivity contribution in [2.24, 2.45) is 7.05 Å². The number of nitrogens with zero attached hydrogens (tertiary/aromatic N) is 4. The predicted molar refractivity (Wildman–Crippen MR) is 131 cm³/mol. The van der Waals surface area contributed by atoms with Gasteiger partial charge in [-0.05, 0) is 48.9 Å². The molecular formula is C25H27N5O2S. The maximum absolute atomic E-state index is 12.5. The van der Waals surface area contributed by atoms with E-state index in [9.17, 15) is 4.79 Å². The molecule has 2 aromatic carbocycles. The van der Waals surface area contributed by atoms with Gasteiger partial charge in [0.2, 0.25) is 5.91 Å². The number of carbonyl (C=O) groups is 1. The molecule has 0 radical (unpaired) electrons. The molecule has 0 unspecified atom stereocenters. The molecule has 7 nitrogen and oxygen atoms in total. The Hall–Kier alpha value is -3.52. The molecule has 1 amide bonds. The minimum absolute atomic E-state index is 0.0950. The van der Waals surface area contributed by atoms with Crippen molar-refractivity contribution in [2.75, 3.05) is 17.7 Å². The van der Waals surface area contributed by atoms with Gasteiger partial charge in [-0.15, -0.1) is 10.2 Å². The molecule has 33 heavy (non-hydrogen) atoms. The number of rotatable bonds is 10. The van der Waals surface area contributed by atoms with E-state index < -0.39 is 0 Å². The van der Waals surface area contributed by atoms with Gasteiger partial charge in [-0.1, -0.05) is 42.1 Å². The topological polar surface area (TPSA) is 74.0 Å². The molecule has 4 rings (SSSR count). The fourth-order valence-corrected chi connectivity index (χ4v) is 4.21. The molecule has 0 aliphatic heterocycles. The quantitative estimate of drug-likeness (QED) is 0.355. The average molecular weight is 462 g/mol. The van der Waals surface area contributed by atoms with Crippen LogP contribution in [-0.2, 0) is 24.8 Å². The molecular weight excluding hydrogens is 434 g/mol. The first kappa shape index (κ1) is 22.7. The van der Waals surface area contributed by atoms with E-state index in [0.717, 1.165) is 33.7 Å². The minimum Gasteiger partial charge on any atom is -0.494 e. The number of aryl methyl sites for hydroxylation is 1. The van der Waals surface area contributed by atoms with Crippen LogP contribution in [0.5, 0.6) is 5.75 Å². The van der Waals surface area contributed by atoms with Crippen LogP contribution in [0, 0.1) is 0 Å². The lowest BCUT2D eigenvalue weighted by molar-refractivity contribution is -0.113. The van der Waals surface area contributed by atoms with E-state index in [-0.39, 0.29) is 11.7 Å². The van der Waals surface area contributed by atoms with Gasteiger partial charge in [-0.25, -0.2) is 0 Å². The van der Waals surface area contributed by atoms with Crippen molar-refractivity contribution >= 4 is 23.4 Å². The molecule has 0 bridgehead atoms. The molecule has 0 aliphatic rings. The van der Waals surface area contributed by atoms with Gasteiger partial charge in [0.05, 0.1) is 18.9 Å². The number of amides is 1. The van der Waals surface area contributed by atoms with E-state index in [1.807, 2.05) is 68.7 Å². The molecule has 0 saturated heterocycles. The summed E-state index contributed by atoms with van der Waals surface area (Å²) in [6.07, 6.45) is 2.69. The highest BCUT2D eigenvalue weighted by molar-refractivity contribution is 7.99. The number of anilines is 1. The van der Waals surface area contributed by atoms with Gasteiger partial charge < -0.3 is 19.2 Å². The fourth-order valence-electron chi connectivity index (χ4n) is 3.45. The lowest BCUT2D eigenvalue weighted by atomic mass is 10.2. The van der Waals surface area contributed by atoms with Crippen LogP contribution in [0.4, 0.5) is 5.69 Å².